The maximum absolute atomic E-state index is 13.2. The zero-order chi connectivity index (χ0) is 22.8. The quantitative estimate of drug-likeness (QED) is 0.482. The third-order valence-electron chi connectivity index (χ3n) is 5.06. The summed E-state index contributed by atoms with van der Waals surface area (Å²) in [6.45, 7) is 6.21. The van der Waals surface area contributed by atoms with Crippen molar-refractivity contribution in [2.75, 3.05) is 5.75 Å². The molecule has 0 aliphatic heterocycles. The van der Waals surface area contributed by atoms with Gasteiger partial charge in [0.15, 0.2) is 0 Å². The highest BCUT2D eigenvalue weighted by Crippen LogP contribution is 2.19. The van der Waals surface area contributed by atoms with Gasteiger partial charge < -0.3 is 10.2 Å². The van der Waals surface area contributed by atoms with Crippen molar-refractivity contribution in [3.63, 3.8) is 0 Å². The van der Waals surface area contributed by atoms with Crippen molar-refractivity contribution in [1.82, 2.24) is 10.2 Å². The summed E-state index contributed by atoms with van der Waals surface area (Å²) in [6.07, 6.45) is 1.34. The van der Waals surface area contributed by atoms with Crippen LogP contribution >= 0.6 is 23.4 Å². The first-order valence-electron chi connectivity index (χ1n) is 10.5. The molecule has 0 heterocycles. The molecule has 2 rings (SSSR count). The molecule has 2 atom stereocenters. The molecule has 2 aromatic carbocycles. The first-order valence-corrected chi connectivity index (χ1v) is 12.0. The van der Waals surface area contributed by atoms with Gasteiger partial charge >= 0.3 is 0 Å². The number of hydrogen-bond acceptors (Lipinski definition) is 3. The highest BCUT2D eigenvalue weighted by atomic mass is 35.5. The lowest BCUT2D eigenvalue weighted by Crippen LogP contribution is -2.51. The molecule has 0 saturated heterocycles. The standard InChI is InChI=1S/C24H30ClFN2O2S/c1-4-17(3)27-24(30)22(5-2)28(14-18-6-10-20(25)11-7-18)23(29)16-31-15-19-8-12-21(26)13-9-19/h6-13,17,22H,4-5,14-16H2,1-3H3,(H,27,30). The van der Waals surface area contributed by atoms with Gasteiger partial charge in [-0.25, -0.2) is 4.39 Å². The first-order chi connectivity index (χ1) is 14.8. The Morgan fingerprint density at radius 1 is 1.03 bits per heavy atom. The van der Waals surface area contributed by atoms with Gasteiger partial charge in [-0.15, -0.1) is 11.8 Å². The largest absolute Gasteiger partial charge is 0.352 e. The number of benzene rings is 2. The Morgan fingerprint density at radius 3 is 2.23 bits per heavy atom. The Labute approximate surface area is 193 Å². The number of rotatable bonds is 11. The number of amides is 2. The van der Waals surface area contributed by atoms with Crippen molar-refractivity contribution in [3.05, 3.63) is 70.5 Å². The molecular formula is C24H30ClFN2O2S. The molecule has 0 aliphatic rings. The van der Waals surface area contributed by atoms with Crippen LogP contribution in [-0.4, -0.2) is 34.6 Å². The van der Waals surface area contributed by atoms with Crippen LogP contribution in [0.3, 0.4) is 0 Å². The molecule has 7 heteroatoms. The maximum atomic E-state index is 13.2. The molecule has 1 N–H and O–H groups in total. The Morgan fingerprint density at radius 2 is 1.65 bits per heavy atom. The van der Waals surface area contributed by atoms with Crippen LogP contribution in [0, 0.1) is 5.82 Å². The highest BCUT2D eigenvalue weighted by Gasteiger charge is 2.29. The molecule has 0 aliphatic carbocycles. The average Bonchev–Trinajstić information content (AvgIpc) is 2.76. The van der Waals surface area contributed by atoms with Crippen LogP contribution < -0.4 is 5.32 Å². The van der Waals surface area contributed by atoms with Crippen molar-refractivity contribution in [1.29, 1.82) is 0 Å². The van der Waals surface area contributed by atoms with E-state index in [2.05, 4.69) is 5.32 Å². The monoisotopic (exact) mass is 464 g/mol. The van der Waals surface area contributed by atoms with Gasteiger partial charge in [0.1, 0.15) is 11.9 Å². The third kappa shape index (κ3) is 8.19. The van der Waals surface area contributed by atoms with Gasteiger partial charge in [0.05, 0.1) is 5.75 Å². The van der Waals surface area contributed by atoms with Gasteiger partial charge in [0, 0.05) is 23.4 Å². The Balaban J connectivity index is 2.12. The number of nitrogens with one attached hydrogen (secondary N) is 1. The van der Waals surface area contributed by atoms with Crippen LogP contribution in [0.1, 0.15) is 44.7 Å². The van der Waals surface area contributed by atoms with Crippen molar-refractivity contribution >= 4 is 35.2 Å². The molecule has 0 aromatic heterocycles. The summed E-state index contributed by atoms with van der Waals surface area (Å²) in [4.78, 5) is 27.7. The second-order valence-corrected chi connectivity index (χ2v) is 8.93. The van der Waals surface area contributed by atoms with Crippen LogP contribution in [0.2, 0.25) is 5.02 Å². The number of carbonyl (C=O) groups excluding carboxylic acids is 2. The van der Waals surface area contributed by atoms with Crippen molar-refractivity contribution < 1.29 is 14.0 Å². The van der Waals surface area contributed by atoms with Crippen LogP contribution in [0.25, 0.3) is 0 Å². The first kappa shape index (κ1) is 25.2. The zero-order valence-electron chi connectivity index (χ0n) is 18.2. The number of thioether (sulfide) groups is 1. The Kier molecular flexibility index (Phi) is 10.3. The summed E-state index contributed by atoms with van der Waals surface area (Å²) in [6, 6.07) is 13.0. The maximum Gasteiger partial charge on any atom is 0.243 e. The second kappa shape index (κ2) is 12.7. The summed E-state index contributed by atoms with van der Waals surface area (Å²) in [5, 5.41) is 3.62. The topological polar surface area (TPSA) is 49.4 Å². The Hall–Kier alpha value is -2.05. The highest BCUT2D eigenvalue weighted by molar-refractivity contribution is 7.99. The Bertz CT molecular complexity index is 846. The fraction of sp³-hybridized carbons (Fsp3) is 0.417. The molecule has 0 spiro atoms. The second-order valence-electron chi connectivity index (χ2n) is 7.51. The van der Waals surface area contributed by atoms with Crippen molar-refractivity contribution in [2.45, 2.75) is 58.0 Å². The van der Waals surface area contributed by atoms with E-state index in [0.717, 1.165) is 17.5 Å². The lowest BCUT2D eigenvalue weighted by atomic mass is 10.1. The minimum Gasteiger partial charge on any atom is -0.352 e. The number of hydrogen-bond donors (Lipinski definition) is 1. The summed E-state index contributed by atoms with van der Waals surface area (Å²) in [5.74, 6) is 0.308. The molecule has 0 bridgehead atoms. The predicted molar refractivity (Wildman–Crippen MR) is 127 cm³/mol. The fourth-order valence-corrected chi connectivity index (χ4v) is 4.06. The molecule has 0 saturated carbocycles. The van der Waals surface area contributed by atoms with E-state index in [9.17, 15) is 14.0 Å². The predicted octanol–water partition coefficient (Wildman–Crippen LogP) is 5.43. The summed E-state index contributed by atoms with van der Waals surface area (Å²) < 4.78 is 13.1. The van der Waals surface area contributed by atoms with E-state index in [1.54, 1.807) is 29.2 Å². The molecule has 4 nitrogen and oxygen atoms in total. The van der Waals surface area contributed by atoms with Crippen LogP contribution in [0.5, 0.6) is 0 Å². The van der Waals surface area contributed by atoms with Crippen LogP contribution in [0.15, 0.2) is 48.5 Å². The van der Waals surface area contributed by atoms with Gasteiger partial charge in [0.2, 0.25) is 11.8 Å². The van der Waals surface area contributed by atoms with E-state index in [1.807, 2.05) is 32.9 Å². The van der Waals surface area contributed by atoms with E-state index in [4.69, 9.17) is 11.6 Å². The molecule has 31 heavy (non-hydrogen) atoms. The minimum absolute atomic E-state index is 0.0434. The SMILES string of the molecule is CCC(C)NC(=O)C(CC)N(Cc1ccc(Cl)cc1)C(=O)CSCc1ccc(F)cc1. The molecule has 2 unspecified atom stereocenters. The van der Waals surface area contributed by atoms with E-state index in [-0.39, 0.29) is 29.4 Å². The average molecular weight is 465 g/mol. The smallest absolute Gasteiger partial charge is 0.243 e. The van der Waals surface area contributed by atoms with Crippen LogP contribution in [-0.2, 0) is 21.9 Å². The van der Waals surface area contributed by atoms with Gasteiger partial charge in [-0.3, -0.25) is 9.59 Å². The van der Waals surface area contributed by atoms with Gasteiger partial charge in [-0.2, -0.15) is 0 Å². The lowest BCUT2D eigenvalue weighted by molar-refractivity contribution is -0.139. The van der Waals surface area contributed by atoms with E-state index >= 15 is 0 Å². The van der Waals surface area contributed by atoms with E-state index < -0.39 is 6.04 Å². The number of halogens is 2. The van der Waals surface area contributed by atoms with Crippen LogP contribution in [0.4, 0.5) is 4.39 Å². The summed E-state index contributed by atoms with van der Waals surface area (Å²) in [7, 11) is 0. The molecular weight excluding hydrogens is 435 g/mol. The number of carbonyl (C=O) groups is 2. The normalized spacial score (nSPS) is 12.8. The fourth-order valence-electron chi connectivity index (χ4n) is 3.07. The van der Waals surface area contributed by atoms with E-state index in [0.29, 0.717) is 23.7 Å². The number of nitrogens with zero attached hydrogens (tertiary/aromatic N) is 1. The molecule has 168 valence electrons. The zero-order valence-corrected chi connectivity index (χ0v) is 19.8. The molecule has 0 fully saturated rings. The molecule has 0 radical (unpaired) electrons. The summed E-state index contributed by atoms with van der Waals surface area (Å²) in [5.41, 5.74) is 1.86. The van der Waals surface area contributed by atoms with Gasteiger partial charge in [0.25, 0.3) is 0 Å². The van der Waals surface area contributed by atoms with E-state index in [1.165, 1.54) is 23.9 Å². The van der Waals surface area contributed by atoms with Gasteiger partial charge in [-0.1, -0.05) is 49.7 Å². The molecule has 2 amide bonds. The van der Waals surface area contributed by atoms with Gasteiger partial charge in [-0.05, 0) is 55.2 Å². The minimum atomic E-state index is -0.552. The third-order valence-corrected chi connectivity index (χ3v) is 6.30. The summed E-state index contributed by atoms with van der Waals surface area (Å²) >= 11 is 7.44. The lowest BCUT2D eigenvalue weighted by Gasteiger charge is -2.31. The van der Waals surface area contributed by atoms with Crippen molar-refractivity contribution in [2.24, 2.45) is 0 Å². The van der Waals surface area contributed by atoms with Crippen molar-refractivity contribution in [3.8, 4) is 0 Å². The molecule has 2 aromatic rings.